The second-order valence-electron chi connectivity index (χ2n) is 6.45. The summed E-state index contributed by atoms with van der Waals surface area (Å²) in [5.41, 5.74) is 2.27. The molecule has 3 rings (SSSR count). The van der Waals surface area contributed by atoms with Gasteiger partial charge >= 0.3 is 0 Å². The smallest absolute Gasteiger partial charge is 0.225 e. The van der Waals surface area contributed by atoms with Crippen molar-refractivity contribution < 1.29 is 4.79 Å². The zero-order valence-electron chi connectivity index (χ0n) is 14.5. The number of nitrogens with zero attached hydrogens (tertiary/aromatic N) is 3. The van der Waals surface area contributed by atoms with Gasteiger partial charge in [0.1, 0.15) is 0 Å². The van der Waals surface area contributed by atoms with E-state index in [1.807, 2.05) is 18.7 Å². The van der Waals surface area contributed by atoms with Crippen LogP contribution in [0.15, 0.2) is 30.5 Å². The highest BCUT2D eigenvalue weighted by atomic mass is 35.5. The van der Waals surface area contributed by atoms with Crippen LogP contribution in [-0.4, -0.2) is 42.0 Å². The van der Waals surface area contributed by atoms with Crippen molar-refractivity contribution >= 4 is 40.2 Å². The fourth-order valence-corrected chi connectivity index (χ4v) is 3.81. The molecule has 0 bridgehead atoms. The number of rotatable bonds is 5. The lowest BCUT2D eigenvalue weighted by atomic mass is 10.1. The molecule has 1 aliphatic heterocycles. The van der Waals surface area contributed by atoms with Gasteiger partial charge in [0.25, 0.3) is 0 Å². The highest BCUT2D eigenvalue weighted by molar-refractivity contribution is 7.15. The molecule has 5 nitrogen and oxygen atoms in total. The Labute approximate surface area is 157 Å². The number of carbonyl (C=O) groups excluding carboxylic acids is 1. The van der Waals surface area contributed by atoms with Crippen LogP contribution in [-0.2, 0) is 11.3 Å². The second-order valence-corrected chi connectivity index (χ2v) is 8.14. The third kappa shape index (κ3) is 4.64. The summed E-state index contributed by atoms with van der Waals surface area (Å²) < 4.78 is 0.572. The molecule has 1 aliphatic rings. The van der Waals surface area contributed by atoms with Gasteiger partial charge in [-0.15, -0.1) is 11.3 Å². The topological polar surface area (TPSA) is 48.5 Å². The van der Waals surface area contributed by atoms with Gasteiger partial charge in [-0.05, 0) is 24.3 Å². The number of thiazole rings is 1. The maximum Gasteiger partial charge on any atom is 0.225 e. The summed E-state index contributed by atoms with van der Waals surface area (Å²) in [6, 6.07) is 8.43. The number of nitrogens with one attached hydrogen (secondary N) is 1. The van der Waals surface area contributed by atoms with Crippen LogP contribution in [0.25, 0.3) is 0 Å². The first-order valence-electron chi connectivity index (χ1n) is 8.51. The maximum atomic E-state index is 12.1. The van der Waals surface area contributed by atoms with Crippen LogP contribution in [0.2, 0.25) is 4.47 Å². The van der Waals surface area contributed by atoms with Crippen LogP contribution in [0.1, 0.15) is 18.7 Å². The molecule has 2 aromatic rings. The average molecular weight is 379 g/mol. The van der Waals surface area contributed by atoms with Crippen LogP contribution in [0.4, 0.5) is 11.4 Å². The minimum absolute atomic E-state index is 0.0744. The zero-order chi connectivity index (χ0) is 17.8. The van der Waals surface area contributed by atoms with Crippen molar-refractivity contribution in [3.8, 4) is 0 Å². The Morgan fingerprint density at radius 2 is 1.92 bits per heavy atom. The SMILES string of the molecule is CC(C)C(=O)N1CCN(c2ccc(NCc3cnc(Cl)s3)cc2)CC1. The monoisotopic (exact) mass is 378 g/mol. The average Bonchev–Trinajstić information content (AvgIpc) is 3.05. The van der Waals surface area contributed by atoms with Gasteiger partial charge in [-0.3, -0.25) is 4.79 Å². The maximum absolute atomic E-state index is 12.1. The second kappa shape index (κ2) is 8.06. The van der Waals surface area contributed by atoms with Crippen molar-refractivity contribution in [3.63, 3.8) is 0 Å². The summed E-state index contributed by atoms with van der Waals surface area (Å²) in [6.07, 6.45) is 1.80. The molecule has 1 aromatic carbocycles. The summed E-state index contributed by atoms with van der Waals surface area (Å²) in [5.74, 6) is 0.327. The number of hydrogen-bond acceptors (Lipinski definition) is 5. The van der Waals surface area contributed by atoms with E-state index in [1.165, 1.54) is 17.0 Å². The number of amides is 1. The Bertz CT molecular complexity index is 708. The quantitative estimate of drug-likeness (QED) is 0.861. The molecule has 25 heavy (non-hydrogen) atoms. The first-order chi connectivity index (χ1) is 12.0. The van der Waals surface area contributed by atoms with E-state index in [0.29, 0.717) is 4.47 Å². The molecule has 1 fully saturated rings. The molecule has 0 spiro atoms. The molecule has 1 N–H and O–H groups in total. The lowest BCUT2D eigenvalue weighted by molar-refractivity contribution is -0.134. The predicted molar refractivity (Wildman–Crippen MR) is 105 cm³/mol. The molecule has 0 saturated carbocycles. The largest absolute Gasteiger partial charge is 0.380 e. The van der Waals surface area contributed by atoms with E-state index < -0.39 is 0 Å². The van der Waals surface area contributed by atoms with Crippen molar-refractivity contribution in [2.45, 2.75) is 20.4 Å². The van der Waals surface area contributed by atoms with E-state index >= 15 is 0 Å². The van der Waals surface area contributed by atoms with E-state index in [4.69, 9.17) is 11.6 Å². The molecular formula is C18H23ClN4OS. The Balaban J connectivity index is 1.52. The van der Waals surface area contributed by atoms with Gasteiger partial charge in [-0.25, -0.2) is 4.98 Å². The highest BCUT2D eigenvalue weighted by Gasteiger charge is 2.22. The molecule has 1 amide bonds. The Morgan fingerprint density at radius 1 is 1.24 bits per heavy atom. The number of piperazine rings is 1. The first kappa shape index (κ1) is 18.0. The van der Waals surface area contributed by atoms with Crippen LogP contribution in [0.3, 0.4) is 0 Å². The Kier molecular flexibility index (Phi) is 5.81. The minimum Gasteiger partial charge on any atom is -0.380 e. The molecule has 0 unspecified atom stereocenters. The van der Waals surface area contributed by atoms with Gasteiger partial charge in [0.05, 0.1) is 6.54 Å². The van der Waals surface area contributed by atoms with Crippen molar-refractivity contribution in [1.29, 1.82) is 0 Å². The van der Waals surface area contributed by atoms with Gasteiger partial charge in [-0.1, -0.05) is 25.4 Å². The number of halogens is 1. The number of hydrogen-bond donors (Lipinski definition) is 1. The van der Waals surface area contributed by atoms with Gasteiger partial charge in [0.15, 0.2) is 4.47 Å². The van der Waals surface area contributed by atoms with E-state index in [-0.39, 0.29) is 11.8 Å². The number of anilines is 2. The molecule has 2 heterocycles. The Morgan fingerprint density at radius 3 is 2.48 bits per heavy atom. The summed E-state index contributed by atoms with van der Waals surface area (Å²) in [4.78, 5) is 21.5. The van der Waals surface area contributed by atoms with Crippen LogP contribution in [0, 0.1) is 5.92 Å². The minimum atomic E-state index is 0.0744. The van der Waals surface area contributed by atoms with Crippen molar-refractivity contribution in [1.82, 2.24) is 9.88 Å². The highest BCUT2D eigenvalue weighted by Crippen LogP contribution is 2.22. The number of aromatic nitrogens is 1. The zero-order valence-corrected chi connectivity index (χ0v) is 16.1. The van der Waals surface area contributed by atoms with Gasteiger partial charge < -0.3 is 15.1 Å². The van der Waals surface area contributed by atoms with Crippen molar-refractivity contribution in [2.24, 2.45) is 5.92 Å². The normalized spacial score (nSPS) is 14.9. The molecule has 0 aliphatic carbocycles. The van der Waals surface area contributed by atoms with Gasteiger partial charge in [-0.2, -0.15) is 0 Å². The molecule has 134 valence electrons. The fraction of sp³-hybridized carbons (Fsp3) is 0.444. The molecule has 0 atom stereocenters. The van der Waals surface area contributed by atoms with Gasteiger partial charge in [0, 0.05) is 54.5 Å². The predicted octanol–water partition coefficient (Wildman–Crippen LogP) is 3.71. The third-order valence-electron chi connectivity index (χ3n) is 4.31. The third-order valence-corrected chi connectivity index (χ3v) is 5.42. The molecule has 1 saturated heterocycles. The van der Waals surface area contributed by atoms with E-state index in [9.17, 15) is 4.79 Å². The molecular weight excluding hydrogens is 356 g/mol. The van der Waals surface area contributed by atoms with Crippen molar-refractivity contribution in [3.05, 3.63) is 39.8 Å². The van der Waals surface area contributed by atoms with Crippen LogP contribution < -0.4 is 10.2 Å². The van der Waals surface area contributed by atoms with E-state index in [0.717, 1.165) is 43.3 Å². The lowest BCUT2D eigenvalue weighted by Gasteiger charge is -2.37. The number of benzene rings is 1. The first-order valence-corrected chi connectivity index (χ1v) is 9.70. The molecule has 1 aromatic heterocycles. The van der Waals surface area contributed by atoms with Gasteiger partial charge in [0.2, 0.25) is 5.91 Å². The summed E-state index contributed by atoms with van der Waals surface area (Å²) >= 11 is 7.33. The van der Waals surface area contributed by atoms with E-state index in [1.54, 1.807) is 6.20 Å². The standard InChI is InChI=1S/C18H23ClN4OS/c1-13(2)17(24)23-9-7-22(8-10-23)15-5-3-14(4-6-15)20-11-16-12-21-18(19)25-16/h3-6,12-13,20H,7-11H2,1-2H3. The Hall–Kier alpha value is -1.79. The van der Waals surface area contributed by atoms with Crippen LogP contribution in [0.5, 0.6) is 0 Å². The van der Waals surface area contributed by atoms with Crippen LogP contribution >= 0.6 is 22.9 Å². The summed E-state index contributed by atoms with van der Waals surface area (Å²) in [5, 5.41) is 3.38. The molecule has 0 radical (unpaired) electrons. The number of carbonyl (C=O) groups is 1. The summed E-state index contributed by atoms with van der Waals surface area (Å²) in [6.45, 7) is 7.99. The summed E-state index contributed by atoms with van der Waals surface area (Å²) in [7, 11) is 0. The fourth-order valence-electron chi connectivity index (χ4n) is 2.89. The lowest BCUT2D eigenvalue weighted by Crippen LogP contribution is -2.49. The van der Waals surface area contributed by atoms with Crippen molar-refractivity contribution in [2.75, 3.05) is 36.4 Å². The van der Waals surface area contributed by atoms with E-state index in [2.05, 4.69) is 39.5 Å². The molecule has 7 heteroatoms.